The van der Waals surface area contributed by atoms with Crippen LogP contribution in [-0.4, -0.2) is 15.0 Å². The molecule has 5 aliphatic rings. The van der Waals surface area contributed by atoms with Crippen LogP contribution in [0.5, 0.6) is 0 Å². The minimum atomic E-state index is 0.120. The van der Waals surface area contributed by atoms with Crippen molar-refractivity contribution in [1.29, 1.82) is 0 Å². The molecular weight excluding hydrogens is 643 g/mol. The molecule has 1 aromatic heterocycles. The van der Waals surface area contributed by atoms with Gasteiger partial charge in [-0.2, -0.15) is 0 Å². The van der Waals surface area contributed by atoms with Gasteiger partial charge in [0.25, 0.3) is 0 Å². The molecule has 1 spiro atoms. The van der Waals surface area contributed by atoms with E-state index in [-0.39, 0.29) is 5.41 Å². The summed E-state index contributed by atoms with van der Waals surface area (Å²) in [4.78, 5) is 15.3. The molecule has 1 heterocycles. The number of hydrogen-bond acceptors (Lipinski definition) is 3. The molecule has 12 rings (SSSR count). The molecular formula is C50H41N3. The summed E-state index contributed by atoms with van der Waals surface area (Å²) in [6, 6.07) is 53.0. The number of hydrogen-bond donors (Lipinski definition) is 0. The maximum absolute atomic E-state index is 5.17. The third-order valence-corrected chi connectivity index (χ3v) is 13.2. The fourth-order valence-corrected chi connectivity index (χ4v) is 11.2. The van der Waals surface area contributed by atoms with Crippen LogP contribution in [0.25, 0.3) is 67.5 Å². The normalized spacial score (nSPS) is 23.3. The number of aryl methyl sites for hydroxylation is 1. The smallest absolute Gasteiger partial charge is 0.164 e. The maximum Gasteiger partial charge on any atom is 0.164 e. The first kappa shape index (κ1) is 30.9. The fraction of sp³-hybridized carbons (Fsp3) is 0.220. The van der Waals surface area contributed by atoms with Crippen LogP contribution in [0.3, 0.4) is 0 Å². The van der Waals surface area contributed by atoms with Gasteiger partial charge >= 0.3 is 0 Å². The van der Waals surface area contributed by atoms with Gasteiger partial charge in [0.15, 0.2) is 17.5 Å². The number of benzene rings is 6. The van der Waals surface area contributed by atoms with Gasteiger partial charge < -0.3 is 0 Å². The predicted molar refractivity (Wildman–Crippen MR) is 215 cm³/mol. The SMILES string of the molecule is Cc1ccccc1-c1cc(-c2ccc3c(c2)C2(c4ccccc4-3)C3CC4CC(C3)CC2C4)cc(-c2nc(-c3ccccc3)nc(-c3ccccc3)n2)c1. The third-order valence-electron chi connectivity index (χ3n) is 13.2. The van der Waals surface area contributed by atoms with Gasteiger partial charge in [-0.3, -0.25) is 0 Å². The van der Waals surface area contributed by atoms with Crippen molar-refractivity contribution in [2.45, 2.75) is 44.4 Å². The van der Waals surface area contributed by atoms with Crippen molar-refractivity contribution in [2.24, 2.45) is 23.7 Å². The van der Waals surface area contributed by atoms with Crippen molar-refractivity contribution >= 4 is 0 Å². The summed E-state index contributed by atoms with van der Waals surface area (Å²) < 4.78 is 0. The van der Waals surface area contributed by atoms with Crippen LogP contribution in [0.2, 0.25) is 0 Å². The Morgan fingerprint density at radius 1 is 0.396 bits per heavy atom. The van der Waals surface area contributed by atoms with Crippen LogP contribution in [0.4, 0.5) is 0 Å². The molecule has 256 valence electrons. The minimum Gasteiger partial charge on any atom is -0.208 e. The molecule has 7 aromatic rings. The molecule has 0 unspecified atom stereocenters. The number of nitrogens with zero attached hydrogens (tertiary/aromatic N) is 3. The zero-order chi connectivity index (χ0) is 35.1. The van der Waals surface area contributed by atoms with E-state index in [9.17, 15) is 0 Å². The molecule has 0 amide bonds. The van der Waals surface area contributed by atoms with Gasteiger partial charge in [-0.1, -0.05) is 121 Å². The summed E-state index contributed by atoms with van der Waals surface area (Å²) in [7, 11) is 0. The summed E-state index contributed by atoms with van der Waals surface area (Å²) in [6.45, 7) is 2.20. The van der Waals surface area contributed by atoms with Crippen molar-refractivity contribution in [2.75, 3.05) is 0 Å². The molecule has 0 atom stereocenters. The zero-order valence-electron chi connectivity index (χ0n) is 30.0. The Morgan fingerprint density at radius 3 is 1.55 bits per heavy atom. The van der Waals surface area contributed by atoms with E-state index in [1.54, 1.807) is 11.1 Å². The standard InChI is InChI=1S/C50H41N3/c1-31-12-8-9-17-42(31)38-27-37(28-39(29-38)49-52-47(34-13-4-2-5-14-34)51-48(53-49)35-15-6-3-7-16-35)36-20-21-44-43-18-10-11-19-45(43)50(46(44)30-36)40-23-32-22-33(25-40)26-41(50)24-32/h2-21,27-30,32-33,40-41H,22-26H2,1H3. The molecule has 5 aliphatic carbocycles. The summed E-state index contributed by atoms with van der Waals surface area (Å²) in [5, 5.41) is 0. The molecule has 0 N–H and O–H groups in total. The predicted octanol–water partition coefficient (Wildman–Crippen LogP) is 12.2. The second kappa shape index (κ2) is 11.9. The Morgan fingerprint density at radius 2 is 0.906 bits per heavy atom. The fourth-order valence-electron chi connectivity index (χ4n) is 11.2. The molecule has 0 aliphatic heterocycles. The van der Waals surface area contributed by atoms with Gasteiger partial charge in [0.1, 0.15) is 0 Å². The van der Waals surface area contributed by atoms with Crippen LogP contribution in [0.1, 0.15) is 48.8 Å². The first-order chi connectivity index (χ1) is 26.1. The van der Waals surface area contributed by atoms with Gasteiger partial charge in [-0.25, -0.2) is 15.0 Å². The van der Waals surface area contributed by atoms with Crippen molar-refractivity contribution in [3.63, 3.8) is 0 Å². The van der Waals surface area contributed by atoms with Gasteiger partial charge in [0, 0.05) is 22.1 Å². The lowest BCUT2D eigenvalue weighted by molar-refractivity contribution is -0.0399. The van der Waals surface area contributed by atoms with Crippen molar-refractivity contribution in [3.8, 4) is 67.5 Å². The molecule has 53 heavy (non-hydrogen) atoms. The molecule has 0 radical (unpaired) electrons. The van der Waals surface area contributed by atoms with Crippen LogP contribution in [-0.2, 0) is 5.41 Å². The Hall–Kier alpha value is -5.67. The van der Waals surface area contributed by atoms with Crippen molar-refractivity contribution in [1.82, 2.24) is 15.0 Å². The lowest BCUT2D eigenvalue weighted by Crippen LogP contribution is -2.55. The monoisotopic (exact) mass is 683 g/mol. The molecule has 4 saturated carbocycles. The molecule has 3 heteroatoms. The molecule has 3 nitrogen and oxygen atoms in total. The largest absolute Gasteiger partial charge is 0.208 e. The van der Waals surface area contributed by atoms with E-state index in [0.29, 0.717) is 17.5 Å². The van der Waals surface area contributed by atoms with Crippen LogP contribution in [0, 0.1) is 30.6 Å². The average molecular weight is 684 g/mol. The molecule has 6 aromatic carbocycles. The summed E-state index contributed by atoms with van der Waals surface area (Å²) >= 11 is 0. The average Bonchev–Trinajstić information content (AvgIpc) is 3.50. The second-order valence-electron chi connectivity index (χ2n) is 16.1. The second-order valence-corrected chi connectivity index (χ2v) is 16.1. The van der Waals surface area contributed by atoms with E-state index in [1.807, 2.05) is 36.4 Å². The van der Waals surface area contributed by atoms with Gasteiger partial charge in [-0.15, -0.1) is 0 Å². The summed E-state index contributed by atoms with van der Waals surface area (Å²) in [5.41, 5.74) is 15.3. The lowest BCUT2D eigenvalue weighted by Gasteiger charge is -2.61. The lowest BCUT2D eigenvalue weighted by atomic mass is 9.43. The minimum absolute atomic E-state index is 0.120. The number of aromatic nitrogens is 3. The summed E-state index contributed by atoms with van der Waals surface area (Å²) in [5.74, 6) is 5.32. The van der Waals surface area contributed by atoms with Crippen LogP contribution >= 0.6 is 0 Å². The van der Waals surface area contributed by atoms with E-state index in [4.69, 9.17) is 15.0 Å². The quantitative estimate of drug-likeness (QED) is 0.181. The van der Waals surface area contributed by atoms with E-state index in [1.165, 1.54) is 71.0 Å². The first-order valence-electron chi connectivity index (χ1n) is 19.4. The Labute approximate surface area is 311 Å². The van der Waals surface area contributed by atoms with Crippen LogP contribution in [0.15, 0.2) is 146 Å². The Balaban J connectivity index is 1.12. The van der Waals surface area contributed by atoms with Crippen molar-refractivity contribution < 1.29 is 0 Å². The maximum atomic E-state index is 5.17. The van der Waals surface area contributed by atoms with Gasteiger partial charge in [0.05, 0.1) is 0 Å². The zero-order valence-corrected chi connectivity index (χ0v) is 30.0. The summed E-state index contributed by atoms with van der Waals surface area (Å²) in [6.07, 6.45) is 6.98. The van der Waals surface area contributed by atoms with Gasteiger partial charge in [0.2, 0.25) is 0 Å². The highest BCUT2D eigenvalue weighted by atomic mass is 15.0. The van der Waals surface area contributed by atoms with E-state index in [2.05, 4.69) is 116 Å². The van der Waals surface area contributed by atoms with E-state index >= 15 is 0 Å². The third kappa shape index (κ3) is 4.83. The van der Waals surface area contributed by atoms with E-state index in [0.717, 1.165) is 40.4 Å². The highest BCUT2D eigenvalue weighted by molar-refractivity contribution is 5.87. The first-order valence-corrected chi connectivity index (χ1v) is 19.4. The van der Waals surface area contributed by atoms with E-state index < -0.39 is 0 Å². The number of fused-ring (bicyclic) bond motifs is 3. The molecule has 4 fully saturated rings. The highest BCUT2D eigenvalue weighted by Gasteiger charge is 2.61. The van der Waals surface area contributed by atoms with Crippen molar-refractivity contribution in [3.05, 3.63) is 162 Å². The molecule has 4 bridgehead atoms. The van der Waals surface area contributed by atoms with Crippen LogP contribution < -0.4 is 0 Å². The highest BCUT2D eigenvalue weighted by Crippen LogP contribution is 2.69. The molecule has 0 saturated heterocycles. The number of rotatable bonds is 5. The van der Waals surface area contributed by atoms with Gasteiger partial charge in [-0.05, 0) is 137 Å². The Kier molecular flexibility index (Phi) is 6.96. The topological polar surface area (TPSA) is 38.7 Å². The Bertz CT molecular complexity index is 2450.